The highest BCUT2D eigenvalue weighted by Gasteiger charge is 2.11. The predicted molar refractivity (Wildman–Crippen MR) is 76.4 cm³/mol. The topological polar surface area (TPSA) is 17.1 Å². The van der Waals surface area contributed by atoms with Crippen LogP contribution < -0.4 is 0 Å². The minimum atomic E-state index is 0.110. The Kier molecular flexibility index (Phi) is 2.73. The highest BCUT2D eigenvalue weighted by Crippen LogP contribution is 2.23. The fourth-order valence-electron chi connectivity index (χ4n) is 2.18. The first-order valence-electron chi connectivity index (χ1n) is 5.83. The molecule has 18 heavy (non-hydrogen) atoms. The Labute approximate surface area is 110 Å². The second kappa shape index (κ2) is 4.39. The molecule has 0 spiro atoms. The first-order valence-corrected chi connectivity index (χ1v) is 6.71. The molecular formula is C16H12OS. The van der Waals surface area contributed by atoms with E-state index in [1.165, 1.54) is 16.7 Å². The monoisotopic (exact) mass is 252 g/mol. The number of carbonyl (C=O) groups excluding carboxylic acids is 1. The molecule has 0 unspecified atom stereocenters. The fourth-order valence-corrected chi connectivity index (χ4v) is 2.87. The van der Waals surface area contributed by atoms with Gasteiger partial charge < -0.3 is 0 Å². The summed E-state index contributed by atoms with van der Waals surface area (Å²) in [5.41, 5.74) is 1.92. The van der Waals surface area contributed by atoms with Crippen LogP contribution in [0.5, 0.6) is 0 Å². The van der Waals surface area contributed by atoms with Gasteiger partial charge in [-0.2, -0.15) is 0 Å². The van der Waals surface area contributed by atoms with Crippen LogP contribution in [0.25, 0.3) is 10.8 Å². The van der Waals surface area contributed by atoms with Gasteiger partial charge in [-0.15, -0.1) is 11.3 Å². The van der Waals surface area contributed by atoms with E-state index in [1.54, 1.807) is 0 Å². The second-order valence-corrected chi connectivity index (χ2v) is 5.27. The fraction of sp³-hybridized carbons (Fsp3) is 0.0625. The Bertz CT molecular complexity index is 711. The molecule has 2 heteroatoms. The molecule has 0 fully saturated rings. The third-order valence-electron chi connectivity index (χ3n) is 3.08. The van der Waals surface area contributed by atoms with Crippen molar-refractivity contribution in [2.45, 2.75) is 6.92 Å². The Morgan fingerprint density at radius 1 is 1.06 bits per heavy atom. The van der Waals surface area contributed by atoms with E-state index in [9.17, 15) is 4.79 Å². The Morgan fingerprint density at radius 3 is 2.67 bits per heavy atom. The molecule has 3 rings (SSSR count). The quantitative estimate of drug-likeness (QED) is 0.616. The largest absolute Gasteiger partial charge is 0.288 e. The average molecular weight is 252 g/mol. The molecular weight excluding hydrogens is 240 g/mol. The molecule has 1 aromatic heterocycles. The summed E-state index contributed by atoms with van der Waals surface area (Å²) in [4.78, 5) is 13.1. The maximum absolute atomic E-state index is 12.3. The normalized spacial score (nSPS) is 10.7. The summed E-state index contributed by atoms with van der Waals surface area (Å²) in [6.07, 6.45) is 0. The number of hydrogen-bond donors (Lipinski definition) is 0. The number of fused-ring (bicyclic) bond motifs is 1. The minimum absolute atomic E-state index is 0.110. The third kappa shape index (κ3) is 1.85. The van der Waals surface area contributed by atoms with Gasteiger partial charge in [-0.1, -0.05) is 30.3 Å². The minimum Gasteiger partial charge on any atom is -0.288 e. The molecule has 0 saturated heterocycles. The second-order valence-electron chi connectivity index (χ2n) is 4.32. The van der Waals surface area contributed by atoms with Crippen LogP contribution in [-0.4, -0.2) is 5.78 Å². The van der Waals surface area contributed by atoms with Crippen LogP contribution >= 0.6 is 11.3 Å². The summed E-state index contributed by atoms with van der Waals surface area (Å²) < 4.78 is 0. The molecule has 0 aliphatic carbocycles. The van der Waals surface area contributed by atoms with Crippen LogP contribution in [0.1, 0.15) is 20.8 Å². The zero-order valence-corrected chi connectivity index (χ0v) is 10.8. The van der Waals surface area contributed by atoms with Crippen molar-refractivity contribution in [3.8, 4) is 0 Å². The molecule has 1 nitrogen and oxygen atoms in total. The van der Waals surface area contributed by atoms with Gasteiger partial charge in [0.15, 0.2) is 0 Å². The molecule has 0 bridgehead atoms. The van der Waals surface area contributed by atoms with Crippen LogP contribution in [0.2, 0.25) is 0 Å². The lowest BCUT2D eigenvalue weighted by molar-refractivity contribution is 0.104. The van der Waals surface area contributed by atoms with E-state index in [1.807, 2.05) is 54.8 Å². The predicted octanol–water partition coefficient (Wildman–Crippen LogP) is 4.44. The van der Waals surface area contributed by atoms with Gasteiger partial charge in [-0.05, 0) is 46.8 Å². The van der Waals surface area contributed by atoms with Crippen molar-refractivity contribution in [1.82, 2.24) is 0 Å². The van der Waals surface area contributed by atoms with Gasteiger partial charge in [-0.3, -0.25) is 4.79 Å². The summed E-state index contributed by atoms with van der Waals surface area (Å²) in [7, 11) is 0. The molecule has 0 atom stereocenters. The SMILES string of the molecule is Cc1cc(C(=O)c2cccs2)cc2ccccc12. The number of hydrogen-bond acceptors (Lipinski definition) is 2. The van der Waals surface area contributed by atoms with E-state index in [2.05, 4.69) is 6.07 Å². The van der Waals surface area contributed by atoms with E-state index < -0.39 is 0 Å². The summed E-state index contributed by atoms with van der Waals surface area (Å²) in [6.45, 7) is 2.05. The number of rotatable bonds is 2. The Balaban J connectivity index is 2.16. The number of benzene rings is 2. The molecule has 2 aromatic carbocycles. The van der Waals surface area contributed by atoms with Gasteiger partial charge in [0, 0.05) is 5.56 Å². The summed E-state index contributed by atoms with van der Waals surface area (Å²) in [5.74, 6) is 0.110. The van der Waals surface area contributed by atoms with Crippen LogP contribution in [0, 0.1) is 6.92 Å². The number of ketones is 1. The molecule has 0 aliphatic rings. The van der Waals surface area contributed by atoms with Crippen LogP contribution in [0.15, 0.2) is 53.9 Å². The summed E-state index contributed by atoms with van der Waals surface area (Å²) in [5, 5.41) is 4.26. The van der Waals surface area contributed by atoms with Gasteiger partial charge in [0.1, 0.15) is 0 Å². The smallest absolute Gasteiger partial charge is 0.202 e. The lowest BCUT2D eigenvalue weighted by Gasteiger charge is -2.05. The van der Waals surface area contributed by atoms with Crippen LogP contribution in [-0.2, 0) is 0 Å². The number of thiophene rings is 1. The van der Waals surface area contributed by atoms with E-state index >= 15 is 0 Å². The Morgan fingerprint density at radius 2 is 1.89 bits per heavy atom. The van der Waals surface area contributed by atoms with Gasteiger partial charge in [0.05, 0.1) is 4.88 Å². The number of aryl methyl sites for hydroxylation is 1. The van der Waals surface area contributed by atoms with Crippen molar-refractivity contribution < 1.29 is 4.79 Å². The lowest BCUT2D eigenvalue weighted by Crippen LogP contribution is -1.99. The Hall–Kier alpha value is -1.93. The first-order chi connectivity index (χ1) is 8.75. The molecule has 0 saturated carbocycles. The van der Waals surface area contributed by atoms with Crippen molar-refractivity contribution in [3.63, 3.8) is 0 Å². The zero-order valence-electron chi connectivity index (χ0n) is 10.0. The number of carbonyl (C=O) groups is 1. The molecule has 0 radical (unpaired) electrons. The van der Waals surface area contributed by atoms with Gasteiger partial charge in [-0.25, -0.2) is 0 Å². The van der Waals surface area contributed by atoms with E-state index in [-0.39, 0.29) is 5.78 Å². The van der Waals surface area contributed by atoms with E-state index in [0.29, 0.717) is 0 Å². The van der Waals surface area contributed by atoms with Crippen molar-refractivity contribution in [2.24, 2.45) is 0 Å². The third-order valence-corrected chi connectivity index (χ3v) is 3.94. The molecule has 0 aliphatic heterocycles. The van der Waals surface area contributed by atoms with Crippen LogP contribution in [0.3, 0.4) is 0 Å². The summed E-state index contributed by atoms with van der Waals surface area (Å²) in [6, 6.07) is 15.9. The summed E-state index contributed by atoms with van der Waals surface area (Å²) >= 11 is 1.49. The standard InChI is InChI=1S/C16H12OS/c1-11-9-13(16(17)15-7-4-8-18-15)10-12-5-2-3-6-14(11)12/h2-10H,1H3. The molecule has 1 heterocycles. The van der Waals surface area contributed by atoms with Gasteiger partial charge in [0.2, 0.25) is 5.78 Å². The lowest BCUT2D eigenvalue weighted by atomic mass is 9.99. The molecule has 88 valence electrons. The van der Waals surface area contributed by atoms with Crippen molar-refractivity contribution in [1.29, 1.82) is 0 Å². The highest BCUT2D eigenvalue weighted by molar-refractivity contribution is 7.12. The average Bonchev–Trinajstić information content (AvgIpc) is 2.91. The molecule has 0 N–H and O–H groups in total. The molecule has 0 amide bonds. The van der Waals surface area contributed by atoms with E-state index in [0.717, 1.165) is 21.4 Å². The zero-order chi connectivity index (χ0) is 12.5. The van der Waals surface area contributed by atoms with Crippen molar-refractivity contribution in [2.75, 3.05) is 0 Å². The van der Waals surface area contributed by atoms with Gasteiger partial charge >= 0.3 is 0 Å². The highest BCUT2D eigenvalue weighted by atomic mass is 32.1. The van der Waals surface area contributed by atoms with Crippen LogP contribution in [0.4, 0.5) is 0 Å². The first kappa shape index (κ1) is 11.2. The van der Waals surface area contributed by atoms with Gasteiger partial charge in [0.25, 0.3) is 0 Å². The van der Waals surface area contributed by atoms with Crippen molar-refractivity contribution in [3.05, 3.63) is 69.9 Å². The molecule has 3 aromatic rings. The van der Waals surface area contributed by atoms with Crippen molar-refractivity contribution >= 4 is 27.9 Å². The maximum atomic E-state index is 12.3. The maximum Gasteiger partial charge on any atom is 0.202 e. The van der Waals surface area contributed by atoms with E-state index in [4.69, 9.17) is 0 Å².